The van der Waals surface area contributed by atoms with Crippen molar-refractivity contribution in [3.8, 4) is 50.7 Å². The first-order valence-electron chi connectivity index (χ1n) is 24.3. The van der Waals surface area contributed by atoms with Crippen LogP contribution >= 0.6 is 0 Å². The van der Waals surface area contributed by atoms with Crippen molar-refractivity contribution in [2.24, 2.45) is 0 Å². The van der Waals surface area contributed by atoms with Crippen LogP contribution in [0.4, 0.5) is 0 Å². The molecule has 0 aliphatic rings. The van der Waals surface area contributed by atoms with Crippen LogP contribution in [0.2, 0.25) is 0 Å². The van der Waals surface area contributed by atoms with E-state index in [1.807, 2.05) is 42.6 Å². The van der Waals surface area contributed by atoms with Crippen molar-refractivity contribution in [1.82, 2.24) is 19.5 Å². The summed E-state index contributed by atoms with van der Waals surface area (Å²) in [6, 6.07) is 70.9. The summed E-state index contributed by atoms with van der Waals surface area (Å²) in [6.07, 6.45) is 1.81. The summed E-state index contributed by atoms with van der Waals surface area (Å²) in [4.78, 5) is 14.2. The second-order valence-electron chi connectivity index (χ2n) is 19.9. The fourth-order valence-electron chi connectivity index (χ4n) is 9.74. The van der Waals surface area contributed by atoms with E-state index in [1.165, 1.54) is 60.6 Å². The minimum absolute atomic E-state index is 0. The zero-order valence-electron chi connectivity index (χ0n) is 41.1. The molecule has 0 aliphatic carbocycles. The predicted molar refractivity (Wildman–Crippen MR) is 292 cm³/mol. The number of para-hydroxylation sites is 2. The number of hydrogen-bond donors (Lipinski definition) is 0. The minimum Gasteiger partial charge on any atom is -0.501 e. The van der Waals surface area contributed by atoms with Gasteiger partial charge in [0.15, 0.2) is 0 Å². The SMILES string of the molecule is CC(C)(C)c1ccnc(-c2[c-]cccc2)n1.CC(C)c1cc(-c2ccc(-c3ccccc3)cc2)cc(C(C)C)c1-n1c(-c2[c-]ccc3c2oc2cc4c(ccc5ccccc54)cc23)nc2ccccc21.[Ir]. The van der Waals surface area contributed by atoms with Crippen LogP contribution in [0, 0.1) is 12.1 Å². The monoisotopic (exact) mass is 1100 g/mol. The Morgan fingerprint density at radius 2 is 1.20 bits per heavy atom. The maximum absolute atomic E-state index is 6.87. The molecule has 3 heterocycles. The molecule has 0 saturated carbocycles. The van der Waals surface area contributed by atoms with Crippen LogP contribution in [-0.4, -0.2) is 19.5 Å². The van der Waals surface area contributed by atoms with Gasteiger partial charge in [0.1, 0.15) is 5.58 Å². The molecule has 0 aliphatic heterocycles. The standard InChI is InChI=1S/C51H39N2O.C14H15N2.Ir/c1-31(2)42-28-38(35-23-21-34(22-24-35)33-13-6-5-7-14-33)29-43(32(3)4)49(42)53-47-20-11-10-19-46(47)52-51(53)41-18-12-17-40-45-27-37-26-25-36-15-8-9-16-39(36)44(37)30-48(45)54-50(40)41;1-14(2,3)12-9-10-15-13(16-12)11-7-5-4-6-8-11;/h5-17,19-32H,1-4H3;4-7,9-10H,1-3H3;/q2*-1;. The van der Waals surface area contributed by atoms with Crippen molar-refractivity contribution in [2.45, 2.75) is 65.7 Å². The van der Waals surface area contributed by atoms with E-state index in [2.05, 4.69) is 221 Å². The number of hydrogen-bond acceptors (Lipinski definition) is 4. The number of nitrogens with zero attached hydrogens (tertiary/aromatic N) is 4. The molecule has 3 aromatic heterocycles. The van der Waals surface area contributed by atoms with Crippen LogP contribution in [-0.2, 0) is 25.5 Å². The smallest absolute Gasteiger partial charge is 0.121 e. The quantitative estimate of drug-likeness (QED) is 0.118. The molecule has 6 heteroatoms. The second kappa shape index (κ2) is 19.4. The molecule has 9 aromatic carbocycles. The first-order valence-corrected chi connectivity index (χ1v) is 24.3. The Balaban J connectivity index is 0.000000292. The van der Waals surface area contributed by atoms with Crippen LogP contribution < -0.4 is 0 Å². The summed E-state index contributed by atoms with van der Waals surface area (Å²) in [5, 5.41) is 7.00. The first kappa shape index (κ1) is 47.2. The van der Waals surface area contributed by atoms with Crippen LogP contribution in [0.3, 0.4) is 0 Å². The number of rotatable bonds is 7. The molecule has 1 radical (unpaired) electrons. The van der Waals surface area contributed by atoms with E-state index in [0.717, 1.165) is 61.4 Å². The van der Waals surface area contributed by atoms with Crippen LogP contribution in [0.25, 0.3) is 105 Å². The largest absolute Gasteiger partial charge is 0.501 e. The molecule has 0 saturated heterocycles. The van der Waals surface area contributed by atoms with E-state index in [-0.39, 0.29) is 37.4 Å². The van der Waals surface area contributed by atoms with E-state index in [1.54, 1.807) is 0 Å². The van der Waals surface area contributed by atoms with Gasteiger partial charge in [0.25, 0.3) is 0 Å². The fourth-order valence-corrected chi connectivity index (χ4v) is 9.74. The van der Waals surface area contributed by atoms with Crippen molar-refractivity contribution in [2.75, 3.05) is 0 Å². The Kier molecular flexibility index (Phi) is 12.9. The Labute approximate surface area is 429 Å². The summed E-state index contributed by atoms with van der Waals surface area (Å²) in [7, 11) is 0. The molecule has 0 fully saturated rings. The zero-order valence-corrected chi connectivity index (χ0v) is 43.5. The third-order valence-corrected chi connectivity index (χ3v) is 13.4. The van der Waals surface area contributed by atoms with Crippen molar-refractivity contribution < 1.29 is 24.5 Å². The van der Waals surface area contributed by atoms with Gasteiger partial charge < -0.3 is 8.98 Å². The Morgan fingerprint density at radius 3 is 1.92 bits per heavy atom. The average Bonchev–Trinajstić information content (AvgIpc) is 3.96. The van der Waals surface area contributed by atoms with Gasteiger partial charge in [0.2, 0.25) is 0 Å². The van der Waals surface area contributed by atoms with E-state index in [4.69, 9.17) is 9.40 Å². The number of fused-ring (bicyclic) bond motifs is 7. The molecule has 0 unspecified atom stereocenters. The molecule has 0 bridgehead atoms. The van der Waals surface area contributed by atoms with Gasteiger partial charge in [-0.25, -0.2) is 0 Å². The molecule has 5 nitrogen and oxygen atoms in total. The van der Waals surface area contributed by atoms with Gasteiger partial charge in [0.05, 0.1) is 28.3 Å². The normalized spacial score (nSPS) is 11.7. The average molecular weight is 1100 g/mol. The van der Waals surface area contributed by atoms with Crippen LogP contribution in [0.5, 0.6) is 0 Å². The fraction of sp³-hybridized carbons (Fsp3) is 0.154. The molecule has 0 atom stereocenters. The third kappa shape index (κ3) is 8.99. The predicted octanol–water partition coefficient (Wildman–Crippen LogP) is 17.5. The van der Waals surface area contributed by atoms with Gasteiger partial charge in [-0.2, -0.15) is 0 Å². The van der Waals surface area contributed by atoms with Crippen molar-refractivity contribution in [3.63, 3.8) is 0 Å². The zero-order chi connectivity index (χ0) is 48.1. The van der Waals surface area contributed by atoms with Crippen molar-refractivity contribution in [1.29, 1.82) is 0 Å². The molecule has 0 N–H and O–H groups in total. The van der Waals surface area contributed by atoms with E-state index >= 15 is 0 Å². The van der Waals surface area contributed by atoms with E-state index in [0.29, 0.717) is 0 Å². The van der Waals surface area contributed by atoms with Gasteiger partial charge >= 0.3 is 0 Å². The summed E-state index contributed by atoms with van der Waals surface area (Å²) in [5.74, 6) is 2.08. The molecule has 71 heavy (non-hydrogen) atoms. The molecular weight excluding hydrogens is 1040 g/mol. The topological polar surface area (TPSA) is 56.7 Å². The summed E-state index contributed by atoms with van der Waals surface area (Å²) in [6.45, 7) is 15.6. The summed E-state index contributed by atoms with van der Waals surface area (Å²) >= 11 is 0. The van der Waals surface area contributed by atoms with E-state index < -0.39 is 0 Å². The van der Waals surface area contributed by atoms with Crippen molar-refractivity contribution >= 4 is 54.5 Å². The van der Waals surface area contributed by atoms with Crippen LogP contribution in [0.15, 0.2) is 193 Å². The number of imidazole rings is 1. The molecule has 12 rings (SSSR count). The first-order chi connectivity index (χ1) is 34.0. The molecule has 12 aromatic rings. The number of benzene rings is 9. The molecular formula is C65H54IrN4O-2. The van der Waals surface area contributed by atoms with Gasteiger partial charge in [-0.05, 0) is 109 Å². The second-order valence-corrected chi connectivity index (χ2v) is 19.9. The van der Waals surface area contributed by atoms with E-state index in [9.17, 15) is 0 Å². The molecule has 0 amide bonds. The van der Waals surface area contributed by atoms with Crippen LogP contribution in [0.1, 0.15) is 77.1 Å². The maximum Gasteiger partial charge on any atom is 0.121 e. The van der Waals surface area contributed by atoms with Gasteiger partial charge in [-0.3, -0.25) is 15.0 Å². The third-order valence-electron chi connectivity index (χ3n) is 13.4. The van der Waals surface area contributed by atoms with Crippen molar-refractivity contribution in [3.05, 3.63) is 217 Å². The summed E-state index contributed by atoms with van der Waals surface area (Å²) < 4.78 is 9.25. The number of aromatic nitrogens is 4. The van der Waals surface area contributed by atoms with Gasteiger partial charge in [0, 0.05) is 48.5 Å². The Hall–Kier alpha value is -7.50. The Morgan fingerprint density at radius 1 is 0.535 bits per heavy atom. The maximum atomic E-state index is 6.87. The van der Waals surface area contributed by atoms with Gasteiger partial charge in [-0.1, -0.05) is 163 Å². The Bertz CT molecular complexity index is 3830. The van der Waals surface area contributed by atoms with Gasteiger partial charge in [-0.15, -0.1) is 54.1 Å². The minimum atomic E-state index is 0. The molecule has 351 valence electrons. The molecule has 0 spiro atoms. The number of furan rings is 1. The summed E-state index contributed by atoms with van der Waals surface area (Å²) in [5.41, 5.74) is 15.2.